The molecular weight excluding hydrogens is 878 g/mol. The standard InChI is InChI=1S/C17H8F3I3N2O11S/c18-17(19,20)12(5-37(32,33)34)35-15(26)6-1-10(24(28)29)14(11(2-6)25(30)31)36-16(27)8-3-7(21)4-9(22)13(8)23/h1-4,12H,5H2,(H,32,33,34). The van der Waals surface area contributed by atoms with Gasteiger partial charge in [-0.15, -0.1) is 0 Å². The summed E-state index contributed by atoms with van der Waals surface area (Å²) in [5.74, 6) is -6.61. The zero-order chi connectivity index (χ0) is 28.5. The van der Waals surface area contributed by atoms with Crippen molar-refractivity contribution in [3.8, 4) is 5.75 Å². The number of alkyl halides is 3. The number of nitrogens with zero attached hydrogens (tertiary/aromatic N) is 2. The van der Waals surface area contributed by atoms with E-state index in [0.717, 1.165) is 0 Å². The summed E-state index contributed by atoms with van der Waals surface area (Å²) in [6.07, 6.45) is -8.91. The normalized spacial score (nSPS) is 12.5. The monoisotopic (exact) mass is 886 g/mol. The van der Waals surface area contributed by atoms with E-state index in [2.05, 4.69) is 4.74 Å². The largest absolute Gasteiger partial charge is 0.448 e. The van der Waals surface area contributed by atoms with Crippen molar-refractivity contribution in [3.05, 3.63) is 66.3 Å². The molecule has 0 radical (unpaired) electrons. The number of nitro benzene ring substituents is 2. The Kier molecular flexibility index (Phi) is 10.0. The summed E-state index contributed by atoms with van der Waals surface area (Å²) in [4.78, 5) is 45.5. The molecule has 0 bridgehead atoms. The number of nitro groups is 2. The smallest absolute Gasteiger partial charge is 0.426 e. The number of carbonyl (C=O) groups excluding carboxylic acids is 2. The molecular formula is C17H8F3I3N2O11S. The lowest BCUT2D eigenvalue weighted by Crippen LogP contribution is -2.39. The molecule has 0 saturated heterocycles. The number of hydrogen-bond donors (Lipinski definition) is 1. The predicted octanol–water partition coefficient (Wildman–Crippen LogP) is 4.51. The van der Waals surface area contributed by atoms with Gasteiger partial charge in [0.2, 0.25) is 6.10 Å². The predicted molar refractivity (Wildman–Crippen MR) is 141 cm³/mol. The molecule has 0 amide bonds. The van der Waals surface area contributed by atoms with E-state index in [1.165, 1.54) is 6.07 Å². The van der Waals surface area contributed by atoms with E-state index in [9.17, 15) is 51.4 Å². The maximum atomic E-state index is 13.1. The van der Waals surface area contributed by atoms with E-state index in [1.54, 1.807) is 28.7 Å². The van der Waals surface area contributed by atoms with Crippen molar-refractivity contribution in [3.63, 3.8) is 0 Å². The minimum Gasteiger partial charge on any atom is -0.448 e. The average Bonchev–Trinajstić information content (AvgIpc) is 2.73. The first kappa shape index (κ1) is 31.3. The van der Waals surface area contributed by atoms with Gasteiger partial charge in [-0.3, -0.25) is 24.8 Å². The minimum absolute atomic E-state index is 0.109. The number of esters is 2. The summed E-state index contributed by atoms with van der Waals surface area (Å²) >= 11 is 5.52. The molecule has 0 heterocycles. The Labute approximate surface area is 244 Å². The van der Waals surface area contributed by atoms with Crippen LogP contribution in [0, 0.1) is 30.9 Å². The fraction of sp³-hybridized carbons (Fsp3) is 0.176. The zero-order valence-electron chi connectivity index (χ0n) is 17.2. The Morgan fingerprint density at radius 3 is 1.95 bits per heavy atom. The van der Waals surface area contributed by atoms with Crippen LogP contribution in [0.25, 0.3) is 0 Å². The third-order valence-corrected chi connectivity index (χ3v) is 8.45. The Morgan fingerprint density at radius 1 is 1.00 bits per heavy atom. The van der Waals surface area contributed by atoms with Crippen LogP contribution in [0.15, 0.2) is 24.3 Å². The van der Waals surface area contributed by atoms with Gasteiger partial charge in [-0.1, -0.05) is 0 Å². The van der Waals surface area contributed by atoms with Gasteiger partial charge in [-0.25, -0.2) is 9.59 Å². The maximum Gasteiger partial charge on any atom is 0.426 e. The second-order valence-electron chi connectivity index (χ2n) is 6.68. The number of carbonyl (C=O) groups is 2. The first-order valence-electron chi connectivity index (χ1n) is 8.88. The average molecular weight is 886 g/mol. The molecule has 1 N–H and O–H groups in total. The molecule has 0 aromatic heterocycles. The minimum atomic E-state index is -5.50. The highest BCUT2D eigenvalue weighted by molar-refractivity contribution is 14.1. The summed E-state index contributed by atoms with van der Waals surface area (Å²) < 4.78 is 80.1. The Hall–Kier alpha value is -1.93. The van der Waals surface area contributed by atoms with Crippen molar-refractivity contribution < 1.29 is 55.1 Å². The molecule has 0 aliphatic heterocycles. The molecule has 0 aliphatic carbocycles. The molecule has 200 valence electrons. The maximum absolute atomic E-state index is 13.1. The molecule has 37 heavy (non-hydrogen) atoms. The van der Waals surface area contributed by atoms with Crippen LogP contribution in [0.5, 0.6) is 5.75 Å². The van der Waals surface area contributed by atoms with E-state index in [4.69, 9.17) is 9.29 Å². The first-order valence-corrected chi connectivity index (χ1v) is 13.7. The molecule has 2 aromatic carbocycles. The Morgan fingerprint density at radius 2 is 1.51 bits per heavy atom. The highest BCUT2D eigenvalue weighted by Crippen LogP contribution is 2.39. The van der Waals surface area contributed by atoms with Gasteiger partial charge in [0.15, 0.2) is 0 Å². The van der Waals surface area contributed by atoms with Crippen LogP contribution in [0.1, 0.15) is 20.7 Å². The van der Waals surface area contributed by atoms with Gasteiger partial charge < -0.3 is 9.47 Å². The lowest BCUT2D eigenvalue weighted by molar-refractivity contribution is -0.395. The van der Waals surface area contributed by atoms with E-state index in [1.807, 2.05) is 45.2 Å². The van der Waals surface area contributed by atoms with Crippen LogP contribution < -0.4 is 4.74 Å². The summed E-state index contributed by atoms with van der Waals surface area (Å²) in [6.45, 7) is 0. The molecule has 0 fully saturated rings. The van der Waals surface area contributed by atoms with Gasteiger partial charge in [0.05, 0.1) is 21.0 Å². The van der Waals surface area contributed by atoms with Gasteiger partial charge in [0.25, 0.3) is 15.9 Å². The fourth-order valence-electron chi connectivity index (χ4n) is 2.53. The van der Waals surface area contributed by atoms with Crippen molar-refractivity contribution in [2.75, 3.05) is 5.75 Å². The quantitative estimate of drug-likeness (QED) is 0.0746. The Balaban J connectivity index is 2.59. The van der Waals surface area contributed by atoms with Gasteiger partial charge in [-0.05, 0) is 79.9 Å². The van der Waals surface area contributed by atoms with Gasteiger partial charge >= 0.3 is 29.5 Å². The second kappa shape index (κ2) is 11.9. The van der Waals surface area contributed by atoms with Gasteiger partial charge in [-0.2, -0.15) is 21.6 Å². The number of hydrogen-bond acceptors (Lipinski definition) is 10. The van der Waals surface area contributed by atoms with Crippen LogP contribution in [0.2, 0.25) is 0 Å². The second-order valence-corrected chi connectivity index (χ2v) is 11.7. The lowest BCUT2D eigenvalue weighted by atomic mass is 10.1. The summed E-state index contributed by atoms with van der Waals surface area (Å²) in [5.41, 5.74) is -3.96. The van der Waals surface area contributed by atoms with Crippen LogP contribution in [-0.4, -0.2) is 52.8 Å². The molecule has 1 unspecified atom stereocenters. The molecule has 1 atom stereocenters. The number of benzene rings is 2. The summed E-state index contributed by atoms with van der Waals surface area (Å²) in [5, 5.41) is 23.2. The van der Waals surface area contributed by atoms with E-state index < -0.39 is 72.6 Å². The number of halogens is 6. The van der Waals surface area contributed by atoms with Crippen molar-refractivity contribution in [2.24, 2.45) is 0 Å². The molecule has 0 spiro atoms. The molecule has 20 heteroatoms. The zero-order valence-corrected chi connectivity index (χ0v) is 24.5. The van der Waals surface area contributed by atoms with Crippen LogP contribution in [-0.2, 0) is 14.9 Å². The van der Waals surface area contributed by atoms with Crippen molar-refractivity contribution in [2.45, 2.75) is 12.3 Å². The third-order valence-electron chi connectivity index (χ3n) is 4.06. The van der Waals surface area contributed by atoms with Gasteiger partial charge in [0.1, 0.15) is 5.75 Å². The van der Waals surface area contributed by atoms with E-state index in [-0.39, 0.29) is 17.7 Å². The van der Waals surface area contributed by atoms with Crippen LogP contribution in [0.4, 0.5) is 24.5 Å². The number of ether oxygens (including phenoxy) is 2. The SMILES string of the molecule is O=C(OC(CS(=O)(=O)O)C(F)(F)F)c1cc([N+](=O)[O-])c(OC(=O)c2cc(I)cc(I)c2I)c([N+](=O)[O-])c1. The van der Waals surface area contributed by atoms with E-state index in [0.29, 0.717) is 10.7 Å². The third kappa shape index (κ3) is 8.28. The van der Waals surface area contributed by atoms with Crippen LogP contribution in [0.3, 0.4) is 0 Å². The first-order chi connectivity index (χ1) is 16.8. The number of rotatable bonds is 8. The molecule has 0 aliphatic rings. The molecule has 0 saturated carbocycles. The van der Waals surface area contributed by atoms with Gasteiger partial charge in [0, 0.05) is 22.8 Å². The Bertz CT molecular complexity index is 1380. The highest BCUT2D eigenvalue weighted by Gasteiger charge is 2.46. The molecule has 2 rings (SSSR count). The van der Waals surface area contributed by atoms with Crippen LogP contribution >= 0.6 is 67.8 Å². The molecule has 13 nitrogen and oxygen atoms in total. The van der Waals surface area contributed by atoms with Crippen molar-refractivity contribution in [1.82, 2.24) is 0 Å². The highest BCUT2D eigenvalue weighted by atomic mass is 127. The summed E-state index contributed by atoms with van der Waals surface area (Å²) in [6, 6.07) is 3.52. The van der Waals surface area contributed by atoms with Crippen molar-refractivity contribution in [1.29, 1.82) is 0 Å². The fourth-order valence-corrected chi connectivity index (χ4v) is 5.54. The lowest BCUT2D eigenvalue weighted by Gasteiger charge is -2.19. The molecule has 2 aromatic rings. The van der Waals surface area contributed by atoms with E-state index >= 15 is 0 Å². The summed E-state index contributed by atoms with van der Waals surface area (Å²) in [7, 11) is -5.31. The van der Waals surface area contributed by atoms with Crippen molar-refractivity contribution >= 4 is 101 Å². The topological polar surface area (TPSA) is 193 Å².